The van der Waals surface area contributed by atoms with Gasteiger partial charge in [-0.15, -0.1) is 0 Å². The highest BCUT2D eigenvalue weighted by Crippen LogP contribution is 2.05. The Morgan fingerprint density at radius 1 is 1.00 bits per heavy atom. The molecule has 0 aromatic heterocycles. The van der Waals surface area contributed by atoms with Gasteiger partial charge in [0, 0.05) is 6.54 Å². The molecule has 0 unspecified atom stereocenters. The molecule has 0 aromatic carbocycles. The Hall–Kier alpha value is -0.600. The second-order valence-corrected chi connectivity index (χ2v) is 4.43. The summed E-state index contributed by atoms with van der Waals surface area (Å²) in [7, 11) is 0. The first-order valence-electron chi connectivity index (χ1n) is 6.57. The van der Waals surface area contributed by atoms with Gasteiger partial charge in [0.1, 0.15) is 13.1 Å². The van der Waals surface area contributed by atoms with Gasteiger partial charge in [0.05, 0.1) is 6.54 Å². The molecule has 0 atom stereocenters. The summed E-state index contributed by atoms with van der Waals surface area (Å²) in [5, 5.41) is 0. The fourth-order valence-corrected chi connectivity index (χ4v) is 2.08. The third-order valence-corrected chi connectivity index (χ3v) is 2.84. The molecule has 0 aliphatic heterocycles. The van der Waals surface area contributed by atoms with Crippen LogP contribution in [0.2, 0.25) is 0 Å². The standard InChI is InChI=1S/C14H29N2/c1-5-9-10-11-15-16(12-6-2,13-7-3)14-8-4/h6-7,15H,2-3,5,8-14H2,1,4H3/q+1. The highest BCUT2D eigenvalue weighted by molar-refractivity contribution is 4.71. The molecule has 0 aromatic rings. The Balaban J connectivity index is 4.22. The molecule has 94 valence electrons. The number of unbranched alkanes of at least 4 members (excludes halogenated alkanes) is 2. The van der Waals surface area contributed by atoms with Crippen LogP contribution in [0.5, 0.6) is 0 Å². The van der Waals surface area contributed by atoms with Crippen molar-refractivity contribution in [3.05, 3.63) is 25.3 Å². The van der Waals surface area contributed by atoms with E-state index in [2.05, 4.69) is 32.4 Å². The van der Waals surface area contributed by atoms with Crippen LogP contribution in [0.1, 0.15) is 39.5 Å². The lowest BCUT2D eigenvalue weighted by atomic mass is 10.2. The highest BCUT2D eigenvalue weighted by atomic mass is 15.7. The summed E-state index contributed by atoms with van der Waals surface area (Å²) in [4.78, 5) is 0. The molecular weight excluding hydrogens is 196 g/mol. The van der Waals surface area contributed by atoms with E-state index >= 15 is 0 Å². The van der Waals surface area contributed by atoms with Gasteiger partial charge in [-0.2, -0.15) is 5.43 Å². The SMILES string of the molecule is C=CC[N+](CC=C)(CCC)NCCCCC. The van der Waals surface area contributed by atoms with Gasteiger partial charge >= 0.3 is 0 Å². The van der Waals surface area contributed by atoms with E-state index in [0.29, 0.717) is 0 Å². The van der Waals surface area contributed by atoms with Crippen molar-refractivity contribution in [1.29, 1.82) is 0 Å². The van der Waals surface area contributed by atoms with Crippen molar-refractivity contribution >= 4 is 0 Å². The minimum Gasteiger partial charge on any atom is -0.239 e. The smallest absolute Gasteiger partial charge is 0.115 e. The summed E-state index contributed by atoms with van der Waals surface area (Å²) in [6.07, 6.45) is 9.04. The van der Waals surface area contributed by atoms with Gasteiger partial charge in [-0.3, -0.25) is 0 Å². The summed E-state index contributed by atoms with van der Waals surface area (Å²) in [6.45, 7) is 16.4. The topological polar surface area (TPSA) is 12.0 Å². The molecule has 0 amide bonds. The van der Waals surface area contributed by atoms with Gasteiger partial charge in [-0.05, 0) is 25.0 Å². The van der Waals surface area contributed by atoms with Gasteiger partial charge < -0.3 is 0 Å². The summed E-state index contributed by atoms with van der Waals surface area (Å²) < 4.78 is 0.910. The zero-order chi connectivity index (χ0) is 12.3. The van der Waals surface area contributed by atoms with Crippen LogP contribution in [0.3, 0.4) is 0 Å². The van der Waals surface area contributed by atoms with Crippen molar-refractivity contribution in [2.75, 3.05) is 26.2 Å². The summed E-state index contributed by atoms with van der Waals surface area (Å²) in [6, 6.07) is 0. The molecule has 0 saturated heterocycles. The normalized spacial score (nSPS) is 11.4. The van der Waals surface area contributed by atoms with Crippen LogP contribution in [0.15, 0.2) is 25.3 Å². The zero-order valence-corrected chi connectivity index (χ0v) is 11.2. The second kappa shape index (κ2) is 9.61. The first-order valence-corrected chi connectivity index (χ1v) is 6.57. The van der Waals surface area contributed by atoms with E-state index < -0.39 is 0 Å². The van der Waals surface area contributed by atoms with E-state index in [9.17, 15) is 0 Å². The van der Waals surface area contributed by atoms with Crippen LogP contribution in [-0.4, -0.2) is 30.8 Å². The van der Waals surface area contributed by atoms with Crippen LogP contribution in [0, 0.1) is 0 Å². The lowest BCUT2D eigenvalue weighted by Gasteiger charge is -2.36. The van der Waals surface area contributed by atoms with Crippen molar-refractivity contribution in [1.82, 2.24) is 5.43 Å². The molecule has 2 nitrogen and oxygen atoms in total. The van der Waals surface area contributed by atoms with Crippen LogP contribution >= 0.6 is 0 Å². The van der Waals surface area contributed by atoms with Gasteiger partial charge in [-0.1, -0.05) is 39.8 Å². The number of quaternary nitrogens is 1. The van der Waals surface area contributed by atoms with Gasteiger partial charge in [0.25, 0.3) is 0 Å². The predicted octanol–water partition coefficient (Wildman–Crippen LogP) is 3.28. The summed E-state index contributed by atoms with van der Waals surface area (Å²) in [5.74, 6) is 0. The Bertz CT molecular complexity index is 177. The van der Waals surface area contributed by atoms with E-state index in [0.717, 1.165) is 30.8 Å². The largest absolute Gasteiger partial charge is 0.239 e. The predicted molar refractivity (Wildman–Crippen MR) is 73.1 cm³/mol. The average Bonchev–Trinajstić information content (AvgIpc) is 2.26. The monoisotopic (exact) mass is 225 g/mol. The fourth-order valence-electron chi connectivity index (χ4n) is 2.08. The zero-order valence-electron chi connectivity index (χ0n) is 11.2. The van der Waals surface area contributed by atoms with E-state index in [1.165, 1.54) is 25.7 Å². The van der Waals surface area contributed by atoms with Crippen LogP contribution < -0.4 is 5.43 Å². The maximum absolute atomic E-state index is 3.86. The van der Waals surface area contributed by atoms with Crippen molar-refractivity contribution < 1.29 is 4.59 Å². The van der Waals surface area contributed by atoms with Gasteiger partial charge in [-0.25, -0.2) is 4.59 Å². The van der Waals surface area contributed by atoms with Crippen LogP contribution in [0.25, 0.3) is 0 Å². The number of hydrogen-bond acceptors (Lipinski definition) is 1. The lowest BCUT2D eigenvalue weighted by molar-refractivity contribution is -0.959. The van der Waals surface area contributed by atoms with Crippen LogP contribution in [0.4, 0.5) is 0 Å². The lowest BCUT2D eigenvalue weighted by Crippen LogP contribution is -2.59. The number of rotatable bonds is 11. The van der Waals surface area contributed by atoms with Crippen molar-refractivity contribution in [3.63, 3.8) is 0 Å². The summed E-state index contributed by atoms with van der Waals surface area (Å²) in [5.41, 5.74) is 3.67. The fraction of sp³-hybridized carbons (Fsp3) is 0.714. The molecule has 2 heteroatoms. The molecule has 0 aliphatic rings. The Kier molecular flexibility index (Phi) is 9.25. The molecular formula is C14H29N2+. The maximum atomic E-state index is 3.86. The van der Waals surface area contributed by atoms with E-state index in [4.69, 9.17) is 0 Å². The third-order valence-electron chi connectivity index (χ3n) is 2.84. The average molecular weight is 225 g/mol. The molecule has 16 heavy (non-hydrogen) atoms. The molecule has 0 heterocycles. The molecule has 0 bridgehead atoms. The van der Waals surface area contributed by atoms with Crippen molar-refractivity contribution in [2.45, 2.75) is 39.5 Å². The van der Waals surface area contributed by atoms with Gasteiger partial charge in [0.15, 0.2) is 0 Å². The second-order valence-electron chi connectivity index (χ2n) is 4.43. The quantitative estimate of drug-likeness (QED) is 0.246. The van der Waals surface area contributed by atoms with Gasteiger partial charge in [0.2, 0.25) is 0 Å². The first kappa shape index (κ1) is 15.4. The Labute approximate surface area is 102 Å². The van der Waals surface area contributed by atoms with Crippen LogP contribution in [-0.2, 0) is 0 Å². The molecule has 0 rings (SSSR count). The van der Waals surface area contributed by atoms with E-state index in [1.807, 2.05) is 12.2 Å². The maximum Gasteiger partial charge on any atom is 0.115 e. The minimum absolute atomic E-state index is 0.910. The molecule has 1 N–H and O–H groups in total. The minimum atomic E-state index is 0.910. The molecule has 0 fully saturated rings. The Morgan fingerprint density at radius 3 is 2.06 bits per heavy atom. The van der Waals surface area contributed by atoms with E-state index in [1.54, 1.807) is 0 Å². The molecule has 0 aliphatic carbocycles. The molecule has 0 saturated carbocycles. The molecule has 0 radical (unpaired) electrons. The third kappa shape index (κ3) is 6.09. The number of nitrogens with zero attached hydrogens (tertiary/aromatic N) is 1. The summed E-state index contributed by atoms with van der Waals surface area (Å²) >= 11 is 0. The molecule has 0 spiro atoms. The Morgan fingerprint density at radius 2 is 1.62 bits per heavy atom. The first-order chi connectivity index (χ1) is 7.74. The number of nitrogens with one attached hydrogen (secondary N) is 1. The highest BCUT2D eigenvalue weighted by Gasteiger charge is 2.22. The van der Waals surface area contributed by atoms with Crippen molar-refractivity contribution in [2.24, 2.45) is 0 Å². The number of hydrogen-bond donors (Lipinski definition) is 1. The van der Waals surface area contributed by atoms with Crippen molar-refractivity contribution in [3.8, 4) is 0 Å². The van der Waals surface area contributed by atoms with E-state index in [-0.39, 0.29) is 0 Å².